The summed E-state index contributed by atoms with van der Waals surface area (Å²) in [5.41, 5.74) is 0. The van der Waals surface area contributed by atoms with Crippen LogP contribution >= 0.6 is 0 Å². The highest BCUT2D eigenvalue weighted by molar-refractivity contribution is 7.86. The summed E-state index contributed by atoms with van der Waals surface area (Å²) < 4.78 is 30.4. The van der Waals surface area contributed by atoms with Gasteiger partial charge in [-0.05, 0) is 12.8 Å². The molecule has 4 heteroatoms. The van der Waals surface area contributed by atoms with Crippen molar-refractivity contribution >= 4 is 10.1 Å². The summed E-state index contributed by atoms with van der Waals surface area (Å²) in [6.07, 6.45) is 5.33. The van der Waals surface area contributed by atoms with Crippen LogP contribution in [0.15, 0.2) is 0 Å². The van der Waals surface area contributed by atoms with Crippen molar-refractivity contribution in [3.05, 3.63) is 0 Å². The molecule has 0 aromatic heterocycles. The van der Waals surface area contributed by atoms with Gasteiger partial charge in [-0.2, -0.15) is 8.42 Å². The second kappa shape index (κ2) is 6.38. The van der Waals surface area contributed by atoms with E-state index in [-0.39, 0.29) is 0 Å². The van der Waals surface area contributed by atoms with Crippen LogP contribution in [0.3, 0.4) is 0 Å². The summed E-state index contributed by atoms with van der Waals surface area (Å²) in [6.45, 7) is 3.90. The molecule has 0 aliphatic heterocycles. The van der Waals surface area contributed by atoms with Crippen molar-refractivity contribution in [3.8, 4) is 0 Å². The number of hydrogen-bond acceptors (Lipinski definition) is 2. The monoisotopic (exact) mass is 208 g/mol. The highest BCUT2D eigenvalue weighted by atomic mass is 32.2. The minimum absolute atomic E-state index is 0.505. The van der Waals surface area contributed by atoms with Crippen molar-refractivity contribution in [2.24, 2.45) is 0 Å². The van der Waals surface area contributed by atoms with Gasteiger partial charge in [0.1, 0.15) is 0 Å². The fourth-order valence-corrected chi connectivity index (χ4v) is 2.25. The predicted molar refractivity (Wildman–Crippen MR) is 54.4 cm³/mol. The Bertz CT molecular complexity index is 209. The topological polar surface area (TPSA) is 54.4 Å². The van der Waals surface area contributed by atoms with Crippen LogP contribution in [0.5, 0.6) is 0 Å². The molecular formula is C9H20O3S. The van der Waals surface area contributed by atoms with Crippen LogP contribution in [0.1, 0.15) is 52.4 Å². The molecule has 0 radical (unpaired) electrons. The molecule has 1 atom stereocenters. The van der Waals surface area contributed by atoms with Gasteiger partial charge in [0.05, 0.1) is 5.25 Å². The lowest BCUT2D eigenvalue weighted by Gasteiger charge is -2.10. The Morgan fingerprint density at radius 3 is 2.15 bits per heavy atom. The number of hydrogen-bond donors (Lipinski definition) is 1. The zero-order valence-electron chi connectivity index (χ0n) is 8.49. The lowest BCUT2D eigenvalue weighted by atomic mass is 10.1. The standard InChI is InChI=1S/C9H20O3S/c1-3-5-6-7-8-9(4-2)13(10,11)12/h9H,3-8H2,1-2H3,(H,10,11,12)/t9-/m1/s1. The summed E-state index contributed by atoms with van der Waals surface area (Å²) in [5.74, 6) is 0. The zero-order valence-corrected chi connectivity index (χ0v) is 9.31. The fraction of sp³-hybridized carbons (Fsp3) is 1.00. The van der Waals surface area contributed by atoms with Gasteiger partial charge in [0.2, 0.25) is 0 Å². The van der Waals surface area contributed by atoms with E-state index in [9.17, 15) is 8.42 Å². The summed E-state index contributed by atoms with van der Waals surface area (Å²) in [4.78, 5) is 0. The molecule has 0 spiro atoms. The average molecular weight is 208 g/mol. The van der Waals surface area contributed by atoms with E-state index >= 15 is 0 Å². The van der Waals surface area contributed by atoms with E-state index in [1.807, 2.05) is 0 Å². The van der Waals surface area contributed by atoms with E-state index in [1.165, 1.54) is 0 Å². The molecule has 0 rings (SSSR count). The molecule has 3 nitrogen and oxygen atoms in total. The Labute approximate surface area is 81.3 Å². The van der Waals surface area contributed by atoms with E-state index < -0.39 is 15.4 Å². The molecule has 0 bridgehead atoms. The number of rotatable bonds is 7. The first-order valence-corrected chi connectivity index (χ1v) is 6.49. The first-order chi connectivity index (χ1) is 6.02. The summed E-state index contributed by atoms with van der Waals surface area (Å²) in [5, 5.41) is -0.552. The molecule has 1 N–H and O–H groups in total. The molecule has 0 amide bonds. The molecule has 0 fully saturated rings. The average Bonchev–Trinajstić information content (AvgIpc) is 2.02. The quantitative estimate of drug-likeness (QED) is 0.517. The maximum atomic E-state index is 10.8. The highest BCUT2D eigenvalue weighted by Crippen LogP contribution is 2.13. The predicted octanol–water partition coefficient (Wildman–Crippen LogP) is 2.62. The van der Waals surface area contributed by atoms with Gasteiger partial charge < -0.3 is 0 Å². The molecule has 0 saturated carbocycles. The molecule has 80 valence electrons. The molecule has 0 saturated heterocycles. The van der Waals surface area contributed by atoms with Gasteiger partial charge in [-0.25, -0.2) is 0 Å². The highest BCUT2D eigenvalue weighted by Gasteiger charge is 2.19. The molecule has 0 heterocycles. The SMILES string of the molecule is CCCCCC[C@@H](CC)S(=O)(=O)O. The Morgan fingerprint density at radius 1 is 1.15 bits per heavy atom. The van der Waals surface area contributed by atoms with Gasteiger partial charge in [-0.1, -0.05) is 39.5 Å². The first kappa shape index (κ1) is 12.9. The van der Waals surface area contributed by atoms with Gasteiger partial charge >= 0.3 is 0 Å². The maximum absolute atomic E-state index is 10.8. The van der Waals surface area contributed by atoms with Crippen molar-refractivity contribution in [2.45, 2.75) is 57.6 Å². The van der Waals surface area contributed by atoms with Crippen molar-refractivity contribution < 1.29 is 13.0 Å². The Morgan fingerprint density at radius 2 is 1.77 bits per heavy atom. The van der Waals surface area contributed by atoms with E-state index in [2.05, 4.69) is 6.92 Å². The Balaban J connectivity index is 3.74. The van der Waals surface area contributed by atoms with Gasteiger partial charge in [0.15, 0.2) is 0 Å². The maximum Gasteiger partial charge on any atom is 0.267 e. The van der Waals surface area contributed by atoms with Crippen LogP contribution in [0, 0.1) is 0 Å². The molecule has 13 heavy (non-hydrogen) atoms. The third-order valence-electron chi connectivity index (χ3n) is 2.26. The molecule has 0 aromatic rings. The largest absolute Gasteiger partial charge is 0.285 e. The summed E-state index contributed by atoms with van der Waals surface area (Å²) in [6, 6.07) is 0. The van der Waals surface area contributed by atoms with Gasteiger partial charge in [-0.3, -0.25) is 4.55 Å². The van der Waals surface area contributed by atoms with Crippen LogP contribution in [0.2, 0.25) is 0 Å². The second-order valence-electron chi connectivity index (χ2n) is 3.39. The van der Waals surface area contributed by atoms with Crippen LogP contribution in [-0.4, -0.2) is 18.2 Å². The molecule has 0 aliphatic rings. The zero-order chi connectivity index (χ0) is 10.3. The van der Waals surface area contributed by atoms with Crippen molar-refractivity contribution in [1.82, 2.24) is 0 Å². The van der Waals surface area contributed by atoms with E-state index in [1.54, 1.807) is 6.92 Å². The molecule has 0 aliphatic carbocycles. The summed E-state index contributed by atoms with van der Waals surface area (Å²) >= 11 is 0. The van der Waals surface area contributed by atoms with Crippen molar-refractivity contribution in [3.63, 3.8) is 0 Å². The first-order valence-electron chi connectivity index (χ1n) is 4.98. The lowest BCUT2D eigenvalue weighted by molar-refractivity contribution is 0.453. The number of unbranched alkanes of at least 4 members (excludes halogenated alkanes) is 3. The Kier molecular flexibility index (Phi) is 6.33. The second-order valence-corrected chi connectivity index (χ2v) is 5.09. The van der Waals surface area contributed by atoms with Crippen molar-refractivity contribution in [1.29, 1.82) is 0 Å². The minimum atomic E-state index is -3.80. The van der Waals surface area contributed by atoms with Crippen molar-refractivity contribution in [2.75, 3.05) is 0 Å². The van der Waals surface area contributed by atoms with Gasteiger partial charge in [0.25, 0.3) is 10.1 Å². The van der Waals surface area contributed by atoms with Crippen LogP contribution < -0.4 is 0 Å². The van der Waals surface area contributed by atoms with E-state index in [0.29, 0.717) is 12.8 Å². The Hall–Kier alpha value is -0.0900. The van der Waals surface area contributed by atoms with Gasteiger partial charge in [0, 0.05) is 0 Å². The molecule has 0 aromatic carbocycles. The van der Waals surface area contributed by atoms with E-state index in [0.717, 1.165) is 25.7 Å². The normalized spacial score (nSPS) is 14.4. The van der Waals surface area contributed by atoms with E-state index in [4.69, 9.17) is 4.55 Å². The lowest BCUT2D eigenvalue weighted by Crippen LogP contribution is -2.19. The fourth-order valence-electron chi connectivity index (χ4n) is 1.36. The summed E-state index contributed by atoms with van der Waals surface area (Å²) in [7, 11) is -3.80. The molecular weight excluding hydrogens is 188 g/mol. The smallest absolute Gasteiger partial charge is 0.267 e. The van der Waals surface area contributed by atoms with Gasteiger partial charge in [-0.15, -0.1) is 0 Å². The molecule has 0 unspecified atom stereocenters. The van der Waals surface area contributed by atoms with Crippen LogP contribution in [0.4, 0.5) is 0 Å². The van der Waals surface area contributed by atoms with Crippen LogP contribution in [-0.2, 0) is 10.1 Å². The third-order valence-corrected chi connectivity index (χ3v) is 3.67. The minimum Gasteiger partial charge on any atom is -0.285 e. The third kappa shape index (κ3) is 6.05. The van der Waals surface area contributed by atoms with Crippen LogP contribution in [0.25, 0.3) is 0 Å².